The van der Waals surface area contributed by atoms with Crippen LogP contribution in [0.3, 0.4) is 0 Å². The number of Topliss-reactive ketones (excluding diaryl/α,β-unsaturated/α-hetero) is 1. The van der Waals surface area contributed by atoms with Crippen molar-refractivity contribution in [2.24, 2.45) is 11.7 Å². The Labute approximate surface area is 191 Å². The van der Waals surface area contributed by atoms with Crippen LogP contribution in [-0.4, -0.2) is 30.3 Å². The van der Waals surface area contributed by atoms with E-state index in [0.29, 0.717) is 28.3 Å². The minimum Gasteiger partial charge on any atom is -0.457 e. The van der Waals surface area contributed by atoms with Crippen molar-refractivity contribution in [3.8, 4) is 0 Å². The van der Waals surface area contributed by atoms with Crippen LogP contribution < -0.4 is 16.4 Å². The topological polar surface area (TPSA) is 128 Å². The second-order valence-electron chi connectivity index (χ2n) is 7.62. The van der Waals surface area contributed by atoms with Gasteiger partial charge in [-0.2, -0.15) is 0 Å². The minimum absolute atomic E-state index is 0.104. The molecule has 9 heteroatoms. The molecule has 2 aromatic carbocycles. The summed E-state index contributed by atoms with van der Waals surface area (Å²) in [5.41, 5.74) is 6.72. The molecule has 0 aromatic heterocycles. The maximum absolute atomic E-state index is 12.3. The van der Waals surface area contributed by atoms with Gasteiger partial charge < -0.3 is 21.1 Å². The summed E-state index contributed by atoms with van der Waals surface area (Å²) in [5.74, 6) is -0.940. The van der Waals surface area contributed by atoms with Crippen LogP contribution in [0.2, 0.25) is 5.02 Å². The molecular formula is C23H26ClN3O5. The van der Waals surface area contributed by atoms with Gasteiger partial charge in [0.2, 0.25) is 5.91 Å². The molecule has 0 bridgehead atoms. The van der Waals surface area contributed by atoms with Gasteiger partial charge >= 0.3 is 12.0 Å². The Morgan fingerprint density at radius 3 is 2.16 bits per heavy atom. The molecule has 0 aliphatic heterocycles. The largest absolute Gasteiger partial charge is 0.457 e. The van der Waals surface area contributed by atoms with Crippen molar-refractivity contribution in [1.82, 2.24) is 5.32 Å². The van der Waals surface area contributed by atoms with Crippen molar-refractivity contribution in [2.75, 3.05) is 11.9 Å². The maximum atomic E-state index is 12.3. The zero-order valence-corrected chi connectivity index (χ0v) is 18.6. The lowest BCUT2D eigenvalue weighted by Gasteiger charge is -2.17. The molecule has 2 rings (SSSR count). The molecule has 0 aliphatic carbocycles. The lowest BCUT2D eigenvalue weighted by molar-refractivity contribution is -0.143. The predicted octanol–water partition coefficient (Wildman–Crippen LogP) is 3.85. The SMILES string of the molecule is CC(C)CC(=O)Nc1ccc(C(=O)COC(=O)CC(NC(N)=O)c2ccc(Cl)cc2)cc1. The normalized spacial score (nSPS) is 11.5. The molecule has 0 fully saturated rings. The number of amides is 3. The van der Waals surface area contributed by atoms with Gasteiger partial charge in [-0.1, -0.05) is 37.6 Å². The first-order valence-corrected chi connectivity index (χ1v) is 10.4. The van der Waals surface area contributed by atoms with E-state index in [1.165, 1.54) is 0 Å². The number of hydrogen-bond acceptors (Lipinski definition) is 5. The molecule has 0 radical (unpaired) electrons. The van der Waals surface area contributed by atoms with Crippen molar-refractivity contribution in [3.05, 3.63) is 64.7 Å². The highest BCUT2D eigenvalue weighted by Gasteiger charge is 2.19. The first-order valence-electron chi connectivity index (χ1n) is 10.0. The fourth-order valence-corrected chi connectivity index (χ4v) is 3.02. The number of carbonyl (C=O) groups is 4. The zero-order chi connectivity index (χ0) is 23.7. The van der Waals surface area contributed by atoms with E-state index in [0.717, 1.165) is 0 Å². The van der Waals surface area contributed by atoms with E-state index in [4.69, 9.17) is 22.1 Å². The van der Waals surface area contributed by atoms with Gasteiger partial charge in [0.25, 0.3) is 0 Å². The Morgan fingerprint density at radius 2 is 1.59 bits per heavy atom. The predicted molar refractivity (Wildman–Crippen MR) is 121 cm³/mol. The number of urea groups is 1. The lowest BCUT2D eigenvalue weighted by Crippen LogP contribution is -2.34. The van der Waals surface area contributed by atoms with E-state index in [1.807, 2.05) is 13.8 Å². The second-order valence-corrected chi connectivity index (χ2v) is 8.06. The molecule has 8 nitrogen and oxygen atoms in total. The first kappa shape index (κ1) is 24.9. The summed E-state index contributed by atoms with van der Waals surface area (Å²) in [6.45, 7) is 3.44. The van der Waals surface area contributed by atoms with Gasteiger partial charge in [0, 0.05) is 22.7 Å². The maximum Gasteiger partial charge on any atom is 0.312 e. The first-order chi connectivity index (χ1) is 15.1. The van der Waals surface area contributed by atoms with Gasteiger partial charge in [-0.15, -0.1) is 0 Å². The highest BCUT2D eigenvalue weighted by atomic mass is 35.5. The van der Waals surface area contributed by atoms with E-state index in [9.17, 15) is 19.2 Å². The number of ether oxygens (including phenoxy) is 1. The van der Waals surface area contributed by atoms with Gasteiger partial charge in [-0.05, 0) is 47.9 Å². The molecule has 2 aromatic rings. The number of hydrogen-bond donors (Lipinski definition) is 3. The molecule has 1 atom stereocenters. The average molecular weight is 460 g/mol. The number of anilines is 1. The monoisotopic (exact) mass is 459 g/mol. The van der Waals surface area contributed by atoms with Crippen molar-refractivity contribution >= 4 is 41.0 Å². The Hall–Kier alpha value is -3.39. The number of nitrogens with one attached hydrogen (secondary N) is 2. The van der Waals surface area contributed by atoms with E-state index in [-0.39, 0.29) is 18.2 Å². The van der Waals surface area contributed by atoms with Crippen molar-refractivity contribution < 1.29 is 23.9 Å². The van der Waals surface area contributed by atoms with Gasteiger partial charge in [0.15, 0.2) is 12.4 Å². The molecular weight excluding hydrogens is 434 g/mol. The molecule has 0 aliphatic rings. The molecule has 3 amide bonds. The number of benzene rings is 2. The number of ketones is 1. The summed E-state index contributed by atoms with van der Waals surface area (Å²) in [4.78, 5) is 47.7. The third kappa shape index (κ3) is 8.39. The van der Waals surface area contributed by atoms with E-state index < -0.39 is 30.4 Å². The third-order valence-corrected chi connectivity index (χ3v) is 4.66. The average Bonchev–Trinajstić information content (AvgIpc) is 2.71. The summed E-state index contributed by atoms with van der Waals surface area (Å²) in [6.07, 6.45) is 0.191. The van der Waals surface area contributed by atoms with Crippen LogP contribution in [0.15, 0.2) is 48.5 Å². The summed E-state index contributed by atoms with van der Waals surface area (Å²) in [6, 6.07) is 11.4. The summed E-state index contributed by atoms with van der Waals surface area (Å²) >= 11 is 5.86. The molecule has 1 unspecified atom stereocenters. The standard InChI is InChI=1S/C23H26ClN3O5/c1-14(2)11-21(29)26-18-9-5-16(6-10-18)20(28)13-32-22(30)12-19(27-23(25)31)15-3-7-17(24)8-4-15/h3-10,14,19H,11-13H2,1-2H3,(H,26,29)(H3,25,27,31). The molecule has 0 heterocycles. The number of nitrogens with two attached hydrogens (primary N) is 1. The van der Waals surface area contributed by atoms with Crippen LogP contribution in [-0.2, 0) is 14.3 Å². The van der Waals surface area contributed by atoms with Gasteiger partial charge in [0.05, 0.1) is 12.5 Å². The Kier molecular flexibility index (Phi) is 9.22. The molecule has 4 N–H and O–H groups in total. The van der Waals surface area contributed by atoms with Crippen LogP contribution in [0.4, 0.5) is 10.5 Å². The van der Waals surface area contributed by atoms with Crippen molar-refractivity contribution in [1.29, 1.82) is 0 Å². The van der Waals surface area contributed by atoms with Crippen LogP contribution in [0.5, 0.6) is 0 Å². The summed E-state index contributed by atoms with van der Waals surface area (Å²) < 4.78 is 5.08. The Bertz CT molecular complexity index is 959. The van der Waals surface area contributed by atoms with Crippen molar-refractivity contribution in [2.45, 2.75) is 32.7 Å². The fraction of sp³-hybridized carbons (Fsp3) is 0.304. The fourth-order valence-electron chi connectivity index (χ4n) is 2.90. The second kappa shape index (κ2) is 11.9. The van der Waals surface area contributed by atoms with Gasteiger partial charge in [0.1, 0.15) is 0 Å². The number of halogens is 1. The highest BCUT2D eigenvalue weighted by molar-refractivity contribution is 6.30. The molecule has 0 spiro atoms. The van der Waals surface area contributed by atoms with Crippen LogP contribution >= 0.6 is 11.6 Å². The van der Waals surface area contributed by atoms with Crippen LogP contribution in [0.25, 0.3) is 0 Å². The Morgan fingerprint density at radius 1 is 0.969 bits per heavy atom. The molecule has 32 heavy (non-hydrogen) atoms. The number of esters is 1. The van der Waals surface area contributed by atoms with Gasteiger partial charge in [-0.25, -0.2) is 4.79 Å². The van der Waals surface area contributed by atoms with Gasteiger partial charge in [-0.3, -0.25) is 14.4 Å². The number of rotatable bonds is 10. The van der Waals surface area contributed by atoms with Crippen LogP contribution in [0, 0.1) is 5.92 Å². The lowest BCUT2D eigenvalue weighted by atomic mass is 10.0. The minimum atomic E-state index is -0.797. The van der Waals surface area contributed by atoms with E-state index in [2.05, 4.69) is 10.6 Å². The summed E-state index contributed by atoms with van der Waals surface area (Å²) in [5, 5.41) is 5.74. The Balaban J connectivity index is 1.90. The van der Waals surface area contributed by atoms with Crippen LogP contribution in [0.1, 0.15) is 48.7 Å². The van der Waals surface area contributed by atoms with Crippen molar-refractivity contribution in [3.63, 3.8) is 0 Å². The molecule has 0 saturated heterocycles. The summed E-state index contributed by atoms with van der Waals surface area (Å²) in [7, 11) is 0. The third-order valence-electron chi connectivity index (χ3n) is 4.41. The molecule has 170 valence electrons. The molecule has 0 saturated carbocycles. The zero-order valence-electron chi connectivity index (χ0n) is 17.9. The van der Waals surface area contributed by atoms with E-state index >= 15 is 0 Å². The number of carbonyl (C=O) groups excluding carboxylic acids is 4. The quantitative estimate of drug-likeness (QED) is 0.367. The highest BCUT2D eigenvalue weighted by Crippen LogP contribution is 2.20. The number of primary amides is 1. The smallest absolute Gasteiger partial charge is 0.312 e. The van der Waals surface area contributed by atoms with E-state index in [1.54, 1.807) is 48.5 Å².